The summed E-state index contributed by atoms with van der Waals surface area (Å²) in [5.41, 5.74) is 1.30. The molecule has 0 saturated heterocycles. The van der Waals surface area contributed by atoms with Gasteiger partial charge in [0.15, 0.2) is 0 Å². The van der Waals surface area contributed by atoms with E-state index in [1.807, 2.05) is 23.5 Å². The van der Waals surface area contributed by atoms with Crippen molar-refractivity contribution in [3.05, 3.63) is 52.2 Å². The quantitative estimate of drug-likeness (QED) is 0.784. The molecule has 0 aliphatic carbocycles. The molecule has 0 saturated carbocycles. The zero-order valence-electron chi connectivity index (χ0n) is 10.9. The second-order valence-corrected chi connectivity index (χ2v) is 5.27. The Morgan fingerprint density at radius 3 is 2.72 bits per heavy atom. The molecule has 1 aromatic carbocycles. The third kappa shape index (κ3) is 3.59. The molecule has 0 unspecified atom stereocenters. The van der Waals surface area contributed by atoms with Gasteiger partial charge in [0.1, 0.15) is 5.75 Å². The molecule has 1 heterocycles. The molecule has 2 nitrogen and oxygen atoms in total. The molecule has 0 N–H and O–H groups in total. The fourth-order valence-corrected chi connectivity index (χ4v) is 2.68. The number of thiophene rings is 1. The van der Waals surface area contributed by atoms with E-state index in [1.165, 1.54) is 10.4 Å². The largest absolute Gasteiger partial charge is 0.497 e. The zero-order chi connectivity index (χ0) is 12.8. The van der Waals surface area contributed by atoms with E-state index in [4.69, 9.17) is 4.74 Å². The van der Waals surface area contributed by atoms with Gasteiger partial charge >= 0.3 is 0 Å². The van der Waals surface area contributed by atoms with Crippen LogP contribution >= 0.6 is 11.3 Å². The normalized spacial score (nSPS) is 10.8. The van der Waals surface area contributed by atoms with Crippen LogP contribution in [0.3, 0.4) is 0 Å². The lowest BCUT2D eigenvalue weighted by atomic mass is 10.2. The fourth-order valence-electron chi connectivity index (χ4n) is 1.93. The van der Waals surface area contributed by atoms with Crippen molar-refractivity contribution in [2.75, 3.05) is 13.7 Å². The van der Waals surface area contributed by atoms with E-state index in [-0.39, 0.29) is 0 Å². The standard InChI is InChI=1S/C15H19NOS/c1-3-16(12-15-8-5-9-18-15)11-13-6-4-7-14(10-13)17-2/h4-10H,3,11-12H2,1-2H3. The molecule has 0 radical (unpaired) electrons. The highest BCUT2D eigenvalue weighted by molar-refractivity contribution is 7.09. The minimum absolute atomic E-state index is 0.930. The van der Waals surface area contributed by atoms with Gasteiger partial charge in [0.05, 0.1) is 7.11 Å². The van der Waals surface area contributed by atoms with E-state index in [0.29, 0.717) is 0 Å². The maximum Gasteiger partial charge on any atom is 0.119 e. The number of nitrogens with zero attached hydrogens (tertiary/aromatic N) is 1. The Bertz CT molecular complexity index is 467. The number of hydrogen-bond acceptors (Lipinski definition) is 3. The van der Waals surface area contributed by atoms with Crippen LogP contribution in [0, 0.1) is 0 Å². The molecule has 0 fully saturated rings. The van der Waals surface area contributed by atoms with Crippen LogP contribution in [0.15, 0.2) is 41.8 Å². The third-order valence-corrected chi connectivity index (χ3v) is 3.81. The van der Waals surface area contributed by atoms with Gasteiger partial charge in [-0.1, -0.05) is 25.1 Å². The Balaban J connectivity index is 2.00. The van der Waals surface area contributed by atoms with Crippen molar-refractivity contribution in [3.63, 3.8) is 0 Å². The highest BCUT2D eigenvalue weighted by atomic mass is 32.1. The number of benzene rings is 1. The van der Waals surface area contributed by atoms with Gasteiger partial charge in [0, 0.05) is 18.0 Å². The Hall–Kier alpha value is -1.32. The van der Waals surface area contributed by atoms with Crippen LogP contribution < -0.4 is 4.74 Å². The van der Waals surface area contributed by atoms with Crippen molar-refractivity contribution in [2.45, 2.75) is 20.0 Å². The lowest BCUT2D eigenvalue weighted by Gasteiger charge is -2.19. The van der Waals surface area contributed by atoms with Crippen LogP contribution in [0.4, 0.5) is 0 Å². The SMILES string of the molecule is CCN(Cc1cccc(OC)c1)Cc1cccs1. The monoisotopic (exact) mass is 261 g/mol. The summed E-state index contributed by atoms with van der Waals surface area (Å²) in [6.45, 7) is 5.24. The van der Waals surface area contributed by atoms with Gasteiger partial charge in [-0.05, 0) is 35.7 Å². The van der Waals surface area contributed by atoms with Crippen LogP contribution in [-0.2, 0) is 13.1 Å². The van der Waals surface area contributed by atoms with Gasteiger partial charge in [0.25, 0.3) is 0 Å². The van der Waals surface area contributed by atoms with Crippen molar-refractivity contribution in [1.29, 1.82) is 0 Å². The second kappa shape index (κ2) is 6.57. The molecule has 0 atom stereocenters. The summed E-state index contributed by atoms with van der Waals surface area (Å²) in [6, 6.07) is 12.6. The lowest BCUT2D eigenvalue weighted by Crippen LogP contribution is -2.21. The van der Waals surface area contributed by atoms with Gasteiger partial charge in [-0.2, -0.15) is 0 Å². The van der Waals surface area contributed by atoms with Crippen molar-refractivity contribution in [2.24, 2.45) is 0 Å². The minimum Gasteiger partial charge on any atom is -0.497 e. The van der Waals surface area contributed by atoms with Crippen LogP contribution in [0.25, 0.3) is 0 Å². The predicted octanol–water partition coefficient (Wildman–Crippen LogP) is 3.78. The Morgan fingerprint density at radius 2 is 2.06 bits per heavy atom. The molecule has 3 heteroatoms. The maximum atomic E-state index is 5.26. The maximum absolute atomic E-state index is 5.26. The average molecular weight is 261 g/mol. The van der Waals surface area contributed by atoms with Crippen LogP contribution in [0.5, 0.6) is 5.75 Å². The average Bonchev–Trinajstić information content (AvgIpc) is 2.91. The second-order valence-electron chi connectivity index (χ2n) is 4.23. The minimum atomic E-state index is 0.930. The summed E-state index contributed by atoms with van der Waals surface area (Å²) in [6.07, 6.45) is 0. The number of hydrogen-bond donors (Lipinski definition) is 0. The molecule has 0 bridgehead atoms. The van der Waals surface area contributed by atoms with E-state index >= 15 is 0 Å². The van der Waals surface area contributed by atoms with Gasteiger partial charge in [-0.25, -0.2) is 0 Å². The first-order valence-electron chi connectivity index (χ1n) is 6.19. The van der Waals surface area contributed by atoms with Crippen LogP contribution in [0.2, 0.25) is 0 Å². The highest BCUT2D eigenvalue weighted by Crippen LogP contribution is 2.17. The first-order valence-corrected chi connectivity index (χ1v) is 7.07. The summed E-state index contributed by atoms with van der Waals surface area (Å²) in [4.78, 5) is 3.85. The van der Waals surface area contributed by atoms with Crippen LogP contribution in [0.1, 0.15) is 17.4 Å². The first kappa shape index (κ1) is 13.1. The van der Waals surface area contributed by atoms with E-state index in [9.17, 15) is 0 Å². The number of rotatable bonds is 6. The summed E-state index contributed by atoms with van der Waals surface area (Å²) in [7, 11) is 1.71. The van der Waals surface area contributed by atoms with Crippen LogP contribution in [-0.4, -0.2) is 18.6 Å². The highest BCUT2D eigenvalue weighted by Gasteiger charge is 2.06. The number of methoxy groups -OCH3 is 1. The fraction of sp³-hybridized carbons (Fsp3) is 0.333. The van der Waals surface area contributed by atoms with Gasteiger partial charge < -0.3 is 4.74 Å². The van der Waals surface area contributed by atoms with Gasteiger partial charge in [-0.15, -0.1) is 11.3 Å². The van der Waals surface area contributed by atoms with E-state index in [0.717, 1.165) is 25.4 Å². The summed E-state index contributed by atoms with van der Waals surface area (Å²) in [5, 5.41) is 2.13. The zero-order valence-corrected chi connectivity index (χ0v) is 11.7. The first-order chi connectivity index (χ1) is 8.81. The van der Waals surface area contributed by atoms with Crippen molar-refractivity contribution < 1.29 is 4.74 Å². The molecule has 0 spiro atoms. The molecule has 2 rings (SSSR count). The molecule has 96 valence electrons. The molecule has 18 heavy (non-hydrogen) atoms. The number of ether oxygens (including phenoxy) is 1. The van der Waals surface area contributed by atoms with E-state index in [2.05, 4.69) is 41.5 Å². The Morgan fingerprint density at radius 1 is 1.17 bits per heavy atom. The van der Waals surface area contributed by atoms with Crippen molar-refractivity contribution >= 4 is 11.3 Å². The molecule has 0 aliphatic heterocycles. The third-order valence-electron chi connectivity index (χ3n) is 2.95. The molecule has 2 aromatic rings. The molecule has 1 aromatic heterocycles. The molecule has 0 amide bonds. The molecular weight excluding hydrogens is 242 g/mol. The lowest BCUT2D eigenvalue weighted by molar-refractivity contribution is 0.273. The van der Waals surface area contributed by atoms with Gasteiger partial charge in [0.2, 0.25) is 0 Å². The van der Waals surface area contributed by atoms with E-state index in [1.54, 1.807) is 7.11 Å². The Kier molecular flexibility index (Phi) is 4.79. The summed E-state index contributed by atoms with van der Waals surface area (Å²) in [5.74, 6) is 0.930. The van der Waals surface area contributed by atoms with E-state index < -0.39 is 0 Å². The Labute approximate surface area is 113 Å². The van der Waals surface area contributed by atoms with Crippen molar-refractivity contribution in [3.8, 4) is 5.75 Å². The van der Waals surface area contributed by atoms with Gasteiger partial charge in [-0.3, -0.25) is 4.90 Å². The smallest absolute Gasteiger partial charge is 0.119 e. The topological polar surface area (TPSA) is 12.5 Å². The molecule has 0 aliphatic rings. The summed E-state index contributed by atoms with van der Waals surface area (Å²) < 4.78 is 5.26. The predicted molar refractivity (Wildman–Crippen MR) is 77.1 cm³/mol. The van der Waals surface area contributed by atoms with Crippen molar-refractivity contribution in [1.82, 2.24) is 4.90 Å². The molecular formula is C15H19NOS. The summed E-state index contributed by atoms with van der Waals surface area (Å²) >= 11 is 1.82.